The van der Waals surface area contributed by atoms with Crippen molar-refractivity contribution in [2.45, 2.75) is 26.3 Å². The fourth-order valence-corrected chi connectivity index (χ4v) is 2.42. The SMILES string of the molecule is CC(C)C(CN(C)C)NC(=O)c1ccc2c(c1)NC(=O)C2. The number of amides is 2. The summed E-state index contributed by atoms with van der Waals surface area (Å²) in [6, 6.07) is 5.47. The third-order valence-electron chi connectivity index (χ3n) is 3.68. The molecule has 114 valence electrons. The molecule has 0 saturated heterocycles. The average molecular weight is 289 g/mol. The van der Waals surface area contributed by atoms with Crippen LogP contribution in [0.3, 0.4) is 0 Å². The van der Waals surface area contributed by atoms with Gasteiger partial charge in [-0.2, -0.15) is 0 Å². The molecule has 1 aliphatic rings. The lowest BCUT2D eigenvalue weighted by molar-refractivity contribution is -0.115. The van der Waals surface area contributed by atoms with Crippen LogP contribution in [0.5, 0.6) is 0 Å². The van der Waals surface area contributed by atoms with Crippen LogP contribution in [0.2, 0.25) is 0 Å². The van der Waals surface area contributed by atoms with E-state index < -0.39 is 0 Å². The largest absolute Gasteiger partial charge is 0.348 e. The van der Waals surface area contributed by atoms with Gasteiger partial charge in [0.15, 0.2) is 0 Å². The quantitative estimate of drug-likeness (QED) is 0.863. The summed E-state index contributed by atoms with van der Waals surface area (Å²) in [6.07, 6.45) is 0.395. The summed E-state index contributed by atoms with van der Waals surface area (Å²) >= 11 is 0. The fourth-order valence-electron chi connectivity index (χ4n) is 2.42. The van der Waals surface area contributed by atoms with Crippen molar-refractivity contribution in [2.24, 2.45) is 5.92 Å². The normalized spacial score (nSPS) is 15.0. The Morgan fingerprint density at radius 2 is 2.10 bits per heavy atom. The summed E-state index contributed by atoms with van der Waals surface area (Å²) in [5.41, 5.74) is 2.28. The first-order valence-corrected chi connectivity index (χ1v) is 7.25. The van der Waals surface area contributed by atoms with Gasteiger partial charge in [-0.15, -0.1) is 0 Å². The predicted molar refractivity (Wildman–Crippen MR) is 83.4 cm³/mol. The first kappa shape index (κ1) is 15.5. The molecule has 2 N–H and O–H groups in total. The molecule has 0 radical (unpaired) electrons. The summed E-state index contributed by atoms with van der Waals surface area (Å²) in [6.45, 7) is 4.99. The van der Waals surface area contributed by atoms with Crippen molar-refractivity contribution >= 4 is 17.5 Å². The Labute approximate surface area is 125 Å². The second-order valence-corrected chi connectivity index (χ2v) is 6.18. The van der Waals surface area contributed by atoms with Gasteiger partial charge in [-0.1, -0.05) is 19.9 Å². The van der Waals surface area contributed by atoms with Gasteiger partial charge >= 0.3 is 0 Å². The van der Waals surface area contributed by atoms with Gasteiger partial charge in [-0.05, 0) is 37.7 Å². The zero-order valence-electron chi connectivity index (χ0n) is 13.1. The van der Waals surface area contributed by atoms with Gasteiger partial charge in [-0.3, -0.25) is 9.59 Å². The molecule has 1 unspecified atom stereocenters. The highest BCUT2D eigenvalue weighted by molar-refractivity contribution is 6.02. The summed E-state index contributed by atoms with van der Waals surface area (Å²) in [5.74, 6) is 0.236. The number of likely N-dealkylation sites (N-methyl/N-ethyl adjacent to an activating group) is 1. The van der Waals surface area contributed by atoms with Crippen LogP contribution >= 0.6 is 0 Å². The van der Waals surface area contributed by atoms with E-state index in [1.165, 1.54) is 0 Å². The van der Waals surface area contributed by atoms with E-state index in [4.69, 9.17) is 0 Å². The van der Waals surface area contributed by atoms with Crippen LogP contribution in [0, 0.1) is 5.92 Å². The average Bonchev–Trinajstić information content (AvgIpc) is 2.76. The summed E-state index contributed by atoms with van der Waals surface area (Å²) in [7, 11) is 3.99. The van der Waals surface area contributed by atoms with Crippen molar-refractivity contribution in [1.82, 2.24) is 10.2 Å². The third-order valence-corrected chi connectivity index (χ3v) is 3.68. The summed E-state index contributed by atoms with van der Waals surface area (Å²) in [4.78, 5) is 25.8. The Morgan fingerprint density at radius 1 is 1.38 bits per heavy atom. The van der Waals surface area contributed by atoms with Crippen molar-refractivity contribution in [3.63, 3.8) is 0 Å². The maximum absolute atomic E-state index is 12.4. The molecule has 5 nitrogen and oxygen atoms in total. The first-order valence-electron chi connectivity index (χ1n) is 7.25. The topological polar surface area (TPSA) is 61.4 Å². The summed E-state index contributed by atoms with van der Waals surface area (Å²) in [5, 5.41) is 5.85. The van der Waals surface area contributed by atoms with E-state index in [0.717, 1.165) is 17.8 Å². The molecule has 0 saturated carbocycles. The van der Waals surface area contributed by atoms with E-state index in [9.17, 15) is 9.59 Å². The number of nitrogens with one attached hydrogen (secondary N) is 2. The molecular formula is C16H23N3O2. The molecule has 1 aliphatic heterocycles. The number of nitrogens with zero attached hydrogens (tertiary/aromatic N) is 1. The van der Waals surface area contributed by atoms with E-state index in [1.54, 1.807) is 12.1 Å². The molecule has 1 aromatic carbocycles. The summed E-state index contributed by atoms with van der Waals surface area (Å²) < 4.78 is 0. The lowest BCUT2D eigenvalue weighted by atomic mass is 10.0. The number of carbonyl (C=O) groups is 2. The zero-order valence-corrected chi connectivity index (χ0v) is 13.1. The monoisotopic (exact) mass is 289 g/mol. The Hall–Kier alpha value is -1.88. The van der Waals surface area contributed by atoms with Crippen LogP contribution in [-0.2, 0) is 11.2 Å². The molecule has 0 fully saturated rings. The van der Waals surface area contributed by atoms with E-state index in [2.05, 4.69) is 29.4 Å². The highest BCUT2D eigenvalue weighted by atomic mass is 16.2. The second-order valence-electron chi connectivity index (χ2n) is 6.18. The van der Waals surface area contributed by atoms with Crippen LogP contribution in [-0.4, -0.2) is 43.4 Å². The minimum atomic E-state index is -0.0977. The van der Waals surface area contributed by atoms with Crippen LogP contribution in [0.4, 0.5) is 5.69 Å². The van der Waals surface area contributed by atoms with Crippen LogP contribution < -0.4 is 10.6 Å². The number of hydrogen-bond donors (Lipinski definition) is 2. The van der Waals surface area contributed by atoms with E-state index >= 15 is 0 Å². The number of benzene rings is 1. The Kier molecular flexibility index (Phi) is 4.63. The van der Waals surface area contributed by atoms with Crippen molar-refractivity contribution in [1.29, 1.82) is 0 Å². The van der Waals surface area contributed by atoms with Crippen molar-refractivity contribution < 1.29 is 9.59 Å². The van der Waals surface area contributed by atoms with Crippen molar-refractivity contribution in [3.05, 3.63) is 29.3 Å². The highest BCUT2D eigenvalue weighted by Crippen LogP contribution is 2.24. The van der Waals surface area contributed by atoms with Crippen molar-refractivity contribution in [2.75, 3.05) is 26.0 Å². The zero-order chi connectivity index (χ0) is 15.6. The first-order chi connectivity index (χ1) is 9.86. The minimum Gasteiger partial charge on any atom is -0.348 e. The molecule has 0 spiro atoms. The van der Waals surface area contributed by atoms with Crippen LogP contribution in [0.25, 0.3) is 0 Å². The third kappa shape index (κ3) is 3.82. The lowest BCUT2D eigenvalue weighted by Crippen LogP contribution is -2.45. The molecule has 0 aromatic heterocycles. The molecule has 2 rings (SSSR count). The maximum atomic E-state index is 12.4. The number of hydrogen-bond acceptors (Lipinski definition) is 3. The molecular weight excluding hydrogens is 266 g/mol. The van der Waals surface area contributed by atoms with Gasteiger partial charge in [0.1, 0.15) is 0 Å². The smallest absolute Gasteiger partial charge is 0.251 e. The van der Waals surface area contributed by atoms with Crippen LogP contribution in [0.1, 0.15) is 29.8 Å². The minimum absolute atomic E-state index is 0.0183. The molecule has 1 aromatic rings. The molecule has 21 heavy (non-hydrogen) atoms. The number of fused-ring (bicyclic) bond motifs is 1. The molecule has 5 heteroatoms. The molecule has 2 amide bonds. The highest BCUT2D eigenvalue weighted by Gasteiger charge is 2.21. The number of carbonyl (C=O) groups excluding carboxylic acids is 2. The van der Waals surface area contributed by atoms with Gasteiger partial charge in [0, 0.05) is 23.8 Å². The van der Waals surface area contributed by atoms with Gasteiger partial charge in [-0.25, -0.2) is 0 Å². The van der Waals surface area contributed by atoms with Gasteiger partial charge in [0.25, 0.3) is 5.91 Å². The van der Waals surface area contributed by atoms with E-state index in [0.29, 0.717) is 17.9 Å². The molecule has 0 bridgehead atoms. The Balaban J connectivity index is 2.09. The standard InChI is InChI=1S/C16H23N3O2/c1-10(2)14(9-19(3)4)18-16(21)12-6-5-11-8-15(20)17-13(11)7-12/h5-7,10,14H,8-9H2,1-4H3,(H,17,20)(H,18,21). The molecule has 0 aliphatic carbocycles. The Morgan fingerprint density at radius 3 is 2.71 bits per heavy atom. The van der Waals surface area contributed by atoms with Gasteiger partial charge in [0.05, 0.1) is 6.42 Å². The fraction of sp³-hybridized carbons (Fsp3) is 0.500. The van der Waals surface area contributed by atoms with E-state index in [1.807, 2.05) is 20.2 Å². The van der Waals surface area contributed by atoms with Crippen molar-refractivity contribution in [3.8, 4) is 0 Å². The van der Waals surface area contributed by atoms with E-state index in [-0.39, 0.29) is 17.9 Å². The molecule has 1 atom stereocenters. The molecule has 1 heterocycles. The van der Waals surface area contributed by atoms with Crippen LogP contribution in [0.15, 0.2) is 18.2 Å². The number of anilines is 1. The Bertz CT molecular complexity index is 552. The maximum Gasteiger partial charge on any atom is 0.251 e. The van der Waals surface area contributed by atoms with Gasteiger partial charge < -0.3 is 15.5 Å². The number of rotatable bonds is 5. The van der Waals surface area contributed by atoms with Gasteiger partial charge in [0.2, 0.25) is 5.91 Å². The lowest BCUT2D eigenvalue weighted by Gasteiger charge is -2.25. The second kappa shape index (κ2) is 6.26. The predicted octanol–water partition coefficient (Wildman–Crippen LogP) is 1.50.